The second-order valence-corrected chi connectivity index (χ2v) is 1.91. The van der Waals surface area contributed by atoms with Crippen molar-refractivity contribution in [1.82, 2.24) is 5.32 Å². The standard InChI is InChI=1S/C6H13N3/c1-4(7)6(8)5(2)9-3/h7,9H,8H2,1-3H3/b6-5+,7-4?. The van der Waals surface area contributed by atoms with Crippen LogP contribution in [0, 0.1) is 5.41 Å². The van der Waals surface area contributed by atoms with Crippen molar-refractivity contribution in [2.75, 3.05) is 7.05 Å². The van der Waals surface area contributed by atoms with E-state index in [1.165, 1.54) is 0 Å². The highest BCUT2D eigenvalue weighted by Crippen LogP contribution is 1.92. The lowest BCUT2D eigenvalue weighted by molar-refractivity contribution is 0.966. The molecule has 0 radical (unpaired) electrons. The molecule has 0 rings (SSSR count). The molecule has 0 spiro atoms. The molecule has 0 atom stereocenters. The van der Waals surface area contributed by atoms with Crippen molar-refractivity contribution in [2.45, 2.75) is 13.8 Å². The zero-order valence-corrected chi connectivity index (χ0v) is 6.08. The van der Waals surface area contributed by atoms with Crippen molar-refractivity contribution < 1.29 is 0 Å². The highest BCUT2D eigenvalue weighted by molar-refractivity contribution is 5.95. The van der Waals surface area contributed by atoms with Crippen LogP contribution in [0.2, 0.25) is 0 Å². The highest BCUT2D eigenvalue weighted by atomic mass is 14.9. The molecule has 0 amide bonds. The van der Waals surface area contributed by atoms with Crippen LogP contribution in [-0.2, 0) is 0 Å². The second kappa shape index (κ2) is 3.12. The Morgan fingerprint density at radius 1 is 1.44 bits per heavy atom. The maximum Gasteiger partial charge on any atom is 0.0712 e. The average molecular weight is 127 g/mol. The van der Waals surface area contributed by atoms with Crippen LogP contribution >= 0.6 is 0 Å². The van der Waals surface area contributed by atoms with Crippen LogP contribution in [0.4, 0.5) is 0 Å². The summed E-state index contributed by atoms with van der Waals surface area (Å²) in [6.07, 6.45) is 0. The first-order chi connectivity index (χ1) is 4.09. The maximum absolute atomic E-state index is 7.11. The van der Waals surface area contributed by atoms with Gasteiger partial charge in [0.1, 0.15) is 0 Å². The lowest BCUT2D eigenvalue weighted by Gasteiger charge is -2.03. The van der Waals surface area contributed by atoms with Crippen molar-refractivity contribution >= 4 is 5.71 Å². The van der Waals surface area contributed by atoms with Crippen LogP contribution in [0.25, 0.3) is 0 Å². The Labute approximate surface area is 55.4 Å². The molecule has 0 aliphatic rings. The van der Waals surface area contributed by atoms with Gasteiger partial charge in [-0.1, -0.05) is 0 Å². The molecule has 0 saturated heterocycles. The normalized spacial score (nSPS) is 12.3. The third kappa shape index (κ3) is 2.17. The lowest BCUT2D eigenvalue weighted by atomic mass is 10.2. The fourth-order valence-corrected chi connectivity index (χ4v) is 0.416. The number of hydrogen-bond acceptors (Lipinski definition) is 3. The zero-order chi connectivity index (χ0) is 7.44. The Hall–Kier alpha value is -0.990. The first-order valence-electron chi connectivity index (χ1n) is 2.79. The average Bonchev–Trinajstić information content (AvgIpc) is 1.84. The summed E-state index contributed by atoms with van der Waals surface area (Å²) in [6.45, 7) is 3.50. The fourth-order valence-electron chi connectivity index (χ4n) is 0.416. The van der Waals surface area contributed by atoms with Crippen molar-refractivity contribution in [3.05, 3.63) is 11.4 Å². The van der Waals surface area contributed by atoms with Crippen molar-refractivity contribution in [3.8, 4) is 0 Å². The Balaban J connectivity index is 4.28. The summed E-state index contributed by atoms with van der Waals surface area (Å²) in [4.78, 5) is 0. The van der Waals surface area contributed by atoms with E-state index in [4.69, 9.17) is 11.1 Å². The van der Waals surface area contributed by atoms with Gasteiger partial charge in [0.05, 0.1) is 11.4 Å². The summed E-state index contributed by atoms with van der Waals surface area (Å²) in [7, 11) is 1.78. The van der Waals surface area contributed by atoms with Crippen LogP contribution in [0.5, 0.6) is 0 Å². The van der Waals surface area contributed by atoms with Crippen LogP contribution in [0.15, 0.2) is 11.4 Å². The molecular weight excluding hydrogens is 114 g/mol. The molecule has 0 heterocycles. The molecule has 0 aliphatic heterocycles. The van der Waals surface area contributed by atoms with Gasteiger partial charge in [0.15, 0.2) is 0 Å². The van der Waals surface area contributed by atoms with Crippen LogP contribution in [0.3, 0.4) is 0 Å². The number of nitrogens with one attached hydrogen (secondary N) is 2. The molecule has 0 aliphatic carbocycles. The summed E-state index contributed by atoms with van der Waals surface area (Å²) >= 11 is 0. The van der Waals surface area contributed by atoms with E-state index >= 15 is 0 Å². The number of nitrogens with two attached hydrogens (primary N) is 1. The molecule has 0 aromatic heterocycles. The molecule has 3 nitrogen and oxygen atoms in total. The van der Waals surface area contributed by atoms with Crippen molar-refractivity contribution in [1.29, 1.82) is 5.41 Å². The van der Waals surface area contributed by atoms with Crippen molar-refractivity contribution in [2.24, 2.45) is 5.73 Å². The molecule has 0 saturated carbocycles. The smallest absolute Gasteiger partial charge is 0.0712 e. The predicted molar refractivity (Wildman–Crippen MR) is 39.3 cm³/mol. The Bertz CT molecular complexity index is 146. The second-order valence-electron chi connectivity index (χ2n) is 1.91. The topological polar surface area (TPSA) is 61.9 Å². The van der Waals surface area contributed by atoms with Gasteiger partial charge >= 0.3 is 0 Å². The van der Waals surface area contributed by atoms with Crippen LogP contribution in [-0.4, -0.2) is 12.8 Å². The Morgan fingerprint density at radius 3 is 2.00 bits per heavy atom. The number of allylic oxidation sites excluding steroid dienone is 2. The molecular formula is C6H13N3. The van der Waals surface area contributed by atoms with E-state index in [0.29, 0.717) is 11.4 Å². The molecule has 4 N–H and O–H groups in total. The van der Waals surface area contributed by atoms with E-state index in [1.807, 2.05) is 6.92 Å². The first-order valence-corrected chi connectivity index (χ1v) is 2.79. The third-order valence-corrected chi connectivity index (χ3v) is 1.18. The van der Waals surface area contributed by atoms with Crippen LogP contribution in [0.1, 0.15) is 13.8 Å². The molecule has 0 aromatic carbocycles. The quantitative estimate of drug-likeness (QED) is 0.471. The van der Waals surface area contributed by atoms with E-state index in [1.54, 1.807) is 14.0 Å². The summed E-state index contributed by atoms with van der Waals surface area (Å²) in [6, 6.07) is 0. The van der Waals surface area contributed by atoms with Gasteiger partial charge in [-0.05, 0) is 13.8 Å². The predicted octanol–water partition coefficient (Wildman–Crippen LogP) is 0.436. The van der Waals surface area contributed by atoms with Gasteiger partial charge in [0.2, 0.25) is 0 Å². The molecule has 0 unspecified atom stereocenters. The fraction of sp³-hybridized carbons (Fsp3) is 0.500. The molecule has 0 aromatic rings. The van der Waals surface area contributed by atoms with Gasteiger partial charge < -0.3 is 16.5 Å². The first kappa shape index (κ1) is 8.01. The number of rotatable bonds is 2. The number of hydrogen-bond donors (Lipinski definition) is 3. The van der Waals surface area contributed by atoms with Gasteiger partial charge in [0.25, 0.3) is 0 Å². The van der Waals surface area contributed by atoms with E-state index in [9.17, 15) is 0 Å². The van der Waals surface area contributed by atoms with Crippen molar-refractivity contribution in [3.63, 3.8) is 0 Å². The van der Waals surface area contributed by atoms with Gasteiger partial charge in [-0.2, -0.15) is 0 Å². The Kier molecular flexibility index (Phi) is 2.78. The molecule has 0 bridgehead atoms. The van der Waals surface area contributed by atoms with Gasteiger partial charge in [-0.15, -0.1) is 0 Å². The minimum Gasteiger partial charge on any atom is -0.396 e. The van der Waals surface area contributed by atoms with E-state index in [0.717, 1.165) is 5.70 Å². The molecule has 3 heteroatoms. The summed E-state index contributed by atoms with van der Waals surface area (Å²) < 4.78 is 0. The van der Waals surface area contributed by atoms with E-state index < -0.39 is 0 Å². The summed E-state index contributed by atoms with van der Waals surface area (Å²) in [5.74, 6) is 0. The van der Waals surface area contributed by atoms with E-state index in [2.05, 4.69) is 5.32 Å². The Morgan fingerprint density at radius 2 is 1.89 bits per heavy atom. The van der Waals surface area contributed by atoms with Crippen LogP contribution < -0.4 is 11.1 Å². The summed E-state index contributed by atoms with van der Waals surface area (Å²) in [5.41, 5.74) is 7.24. The highest BCUT2D eigenvalue weighted by Gasteiger charge is 1.95. The zero-order valence-electron chi connectivity index (χ0n) is 6.08. The minimum atomic E-state index is 0.404. The largest absolute Gasteiger partial charge is 0.396 e. The SMILES string of the molecule is CN/C(C)=C(/N)C(C)=N. The molecule has 9 heavy (non-hydrogen) atoms. The van der Waals surface area contributed by atoms with Gasteiger partial charge in [0, 0.05) is 12.7 Å². The molecule has 52 valence electrons. The van der Waals surface area contributed by atoms with Gasteiger partial charge in [-0.25, -0.2) is 0 Å². The minimum absolute atomic E-state index is 0.404. The van der Waals surface area contributed by atoms with E-state index in [-0.39, 0.29) is 0 Å². The molecule has 0 fully saturated rings. The lowest BCUT2D eigenvalue weighted by Crippen LogP contribution is -2.16. The monoisotopic (exact) mass is 127 g/mol. The van der Waals surface area contributed by atoms with Gasteiger partial charge in [-0.3, -0.25) is 0 Å². The summed E-state index contributed by atoms with van der Waals surface area (Å²) in [5, 5.41) is 9.97. The maximum atomic E-state index is 7.11. The third-order valence-electron chi connectivity index (χ3n) is 1.18.